The third kappa shape index (κ3) is 31.9. The molecule has 0 nitrogen and oxygen atoms in total. The van der Waals surface area contributed by atoms with Crippen LogP contribution in [-0.2, 0) is 6.33 Å². The van der Waals surface area contributed by atoms with Gasteiger partial charge in [-0.15, -0.1) is 0 Å². The Hall–Kier alpha value is 1.40. The average Bonchev–Trinajstić information content (AvgIpc) is 0.722. The SMILES string of the molecule is [S]=[Fe](=[S])(=[S])=[S]. The predicted molar refractivity (Wildman–Crippen MR) is 30.4 cm³/mol. The van der Waals surface area contributed by atoms with Crippen LogP contribution in [0.15, 0.2) is 0 Å². The van der Waals surface area contributed by atoms with Crippen LogP contribution in [0.1, 0.15) is 0 Å². The van der Waals surface area contributed by atoms with Gasteiger partial charge in [0.15, 0.2) is 0 Å². The summed E-state index contributed by atoms with van der Waals surface area (Å²) < 4.78 is 0. The topological polar surface area (TPSA) is 0 Å². The molecule has 0 atom stereocenters. The Balaban J connectivity index is 6.05. The Labute approximate surface area is 48.2 Å². The van der Waals surface area contributed by atoms with Gasteiger partial charge in [0, 0.05) is 0 Å². The van der Waals surface area contributed by atoms with Crippen LogP contribution in [-0.4, -0.2) is 0 Å². The molecule has 0 saturated heterocycles. The molecule has 0 rings (SSSR count). The molecule has 0 amide bonds. The van der Waals surface area contributed by atoms with Crippen LogP contribution in [0.4, 0.5) is 0 Å². The summed E-state index contributed by atoms with van der Waals surface area (Å²) in [4.78, 5) is 0. The molecule has 0 N–H and O–H groups in total. The quantitative estimate of drug-likeness (QED) is 0.530. The number of rotatable bonds is 0. The Kier molecular flexibility index (Phi) is 2.44. The normalized spacial score (nSPS) is 11.2. The molecule has 0 radical (unpaired) electrons. The van der Waals surface area contributed by atoms with Gasteiger partial charge < -0.3 is 0 Å². The van der Waals surface area contributed by atoms with E-state index in [2.05, 4.69) is 42.2 Å². The van der Waals surface area contributed by atoms with Crippen molar-refractivity contribution in [2.75, 3.05) is 0 Å². The van der Waals surface area contributed by atoms with Gasteiger partial charge in [-0.1, -0.05) is 0 Å². The predicted octanol–water partition coefficient (Wildman–Crippen LogP) is 2.59. The summed E-state index contributed by atoms with van der Waals surface area (Å²) in [6.07, 6.45) is -2.17. The Bertz CT molecular complexity index is 155. The molecule has 0 aliphatic heterocycles. The van der Waals surface area contributed by atoms with E-state index < -0.39 is 6.33 Å². The number of hydrogen-bond donors (Lipinski definition) is 0. The first kappa shape index (κ1) is 6.40. The van der Waals surface area contributed by atoms with Crippen molar-refractivity contribution in [3.05, 3.63) is 0 Å². The zero-order valence-electron chi connectivity index (χ0n) is 1.99. The Morgan fingerprint density at radius 1 is 0.800 bits per heavy atom. The van der Waals surface area contributed by atoms with Gasteiger partial charge in [0.25, 0.3) is 0 Å². The second-order valence-corrected chi connectivity index (χ2v) is 13.1. The summed E-state index contributed by atoms with van der Waals surface area (Å²) in [5.41, 5.74) is 0. The zero-order valence-corrected chi connectivity index (χ0v) is 6.36. The molecule has 0 fully saturated rings. The molecule has 0 heterocycles. The fraction of sp³-hybridized carbons (Fsp3) is 0. The van der Waals surface area contributed by atoms with Crippen molar-refractivity contribution >= 4 is 42.2 Å². The van der Waals surface area contributed by atoms with Gasteiger partial charge >= 0.3 is 48.5 Å². The second-order valence-electron chi connectivity index (χ2n) is 0.354. The summed E-state index contributed by atoms with van der Waals surface area (Å²) in [5, 5.41) is 0. The molecule has 0 aliphatic carbocycles. The van der Waals surface area contributed by atoms with Crippen molar-refractivity contribution in [1.29, 1.82) is 0 Å². The molecule has 0 aromatic carbocycles. The summed E-state index contributed by atoms with van der Waals surface area (Å²) in [6.45, 7) is 0. The van der Waals surface area contributed by atoms with E-state index in [4.69, 9.17) is 0 Å². The van der Waals surface area contributed by atoms with Gasteiger partial charge in [0.1, 0.15) is 0 Å². The van der Waals surface area contributed by atoms with Crippen LogP contribution >= 0.6 is 42.2 Å². The van der Waals surface area contributed by atoms with Gasteiger partial charge in [-0.2, -0.15) is 0 Å². The zero-order chi connectivity index (χ0) is 4.50. The molecule has 0 aromatic heterocycles. The van der Waals surface area contributed by atoms with E-state index in [0.717, 1.165) is 0 Å². The minimum absolute atomic E-state index is 2.17. The van der Waals surface area contributed by atoms with E-state index in [1.807, 2.05) is 0 Å². The minimum atomic E-state index is -2.17. The second kappa shape index (κ2) is 1.91. The fourth-order valence-corrected chi connectivity index (χ4v) is 0. The Morgan fingerprint density at radius 3 is 0.800 bits per heavy atom. The average molecular weight is 184 g/mol. The van der Waals surface area contributed by atoms with Crippen molar-refractivity contribution in [3.8, 4) is 0 Å². The van der Waals surface area contributed by atoms with Crippen LogP contribution in [0.2, 0.25) is 0 Å². The summed E-state index contributed by atoms with van der Waals surface area (Å²) in [7, 11) is 17.6. The van der Waals surface area contributed by atoms with Gasteiger partial charge in [-0.05, 0) is 0 Å². The van der Waals surface area contributed by atoms with E-state index >= 15 is 0 Å². The third-order valence-corrected chi connectivity index (χ3v) is 0. The molecule has 0 saturated carbocycles. The van der Waals surface area contributed by atoms with E-state index in [0.29, 0.717) is 0 Å². The first-order valence-corrected chi connectivity index (χ1v) is 7.14. The van der Waals surface area contributed by atoms with Gasteiger partial charge in [-0.3, -0.25) is 0 Å². The van der Waals surface area contributed by atoms with Crippen LogP contribution in [0.3, 0.4) is 0 Å². The van der Waals surface area contributed by atoms with E-state index in [1.54, 1.807) is 0 Å². The number of hydrogen-bond acceptors (Lipinski definition) is 4. The van der Waals surface area contributed by atoms with Crippen molar-refractivity contribution in [2.45, 2.75) is 0 Å². The first-order chi connectivity index (χ1) is 2.00. The van der Waals surface area contributed by atoms with Crippen LogP contribution < -0.4 is 0 Å². The molecule has 0 aromatic rings. The molecule has 0 spiro atoms. The van der Waals surface area contributed by atoms with Crippen molar-refractivity contribution in [3.63, 3.8) is 0 Å². The van der Waals surface area contributed by atoms with Crippen LogP contribution in [0.25, 0.3) is 0 Å². The molecular formula is FeS4. The molecule has 5 heavy (non-hydrogen) atoms. The summed E-state index contributed by atoms with van der Waals surface area (Å²) in [6, 6.07) is 0. The third-order valence-electron chi connectivity index (χ3n) is 0. The molecular weight excluding hydrogens is 184 g/mol. The van der Waals surface area contributed by atoms with E-state index in [1.165, 1.54) is 0 Å². The molecule has 5 heteroatoms. The van der Waals surface area contributed by atoms with Gasteiger partial charge in [0.2, 0.25) is 0 Å². The molecule has 0 aliphatic rings. The van der Waals surface area contributed by atoms with E-state index in [9.17, 15) is 0 Å². The van der Waals surface area contributed by atoms with Crippen LogP contribution in [0.5, 0.6) is 0 Å². The van der Waals surface area contributed by atoms with Gasteiger partial charge in [0.05, 0.1) is 0 Å². The summed E-state index contributed by atoms with van der Waals surface area (Å²) >= 11 is 0. The fourth-order valence-electron chi connectivity index (χ4n) is 0. The van der Waals surface area contributed by atoms with E-state index in [-0.39, 0.29) is 0 Å². The van der Waals surface area contributed by atoms with Crippen molar-refractivity contribution in [1.82, 2.24) is 0 Å². The van der Waals surface area contributed by atoms with Crippen molar-refractivity contribution in [2.24, 2.45) is 0 Å². The first-order valence-electron chi connectivity index (χ1n) is 0.577. The maximum atomic E-state index is 4.40. The molecule has 0 bridgehead atoms. The monoisotopic (exact) mass is 184 g/mol. The molecule has 32 valence electrons. The molecule has 0 unspecified atom stereocenters. The van der Waals surface area contributed by atoms with Crippen LogP contribution in [0, 0.1) is 0 Å². The Morgan fingerprint density at radius 2 is 0.800 bits per heavy atom. The van der Waals surface area contributed by atoms with Crippen molar-refractivity contribution < 1.29 is 6.33 Å². The van der Waals surface area contributed by atoms with Gasteiger partial charge in [-0.25, -0.2) is 0 Å². The maximum absolute atomic E-state index is 4.40. The standard InChI is InChI=1S/Fe.4S. The summed E-state index contributed by atoms with van der Waals surface area (Å²) in [5.74, 6) is 0.